The van der Waals surface area contributed by atoms with Crippen molar-refractivity contribution in [1.29, 1.82) is 0 Å². The number of aromatic hydroxyl groups is 2. The Kier molecular flexibility index (Phi) is 4.78. The molecule has 0 heterocycles. The van der Waals surface area contributed by atoms with Crippen molar-refractivity contribution in [2.75, 3.05) is 12.0 Å². The van der Waals surface area contributed by atoms with Gasteiger partial charge < -0.3 is 15.5 Å². The van der Waals surface area contributed by atoms with Gasteiger partial charge in [-0.05, 0) is 19.2 Å². The Hall–Kier alpha value is -0.870. The lowest BCUT2D eigenvalue weighted by Crippen LogP contribution is -2.27. The molecule has 15 heavy (non-hydrogen) atoms. The number of benzene rings is 1. The maximum absolute atomic E-state index is 9.55. The predicted octanol–water partition coefficient (Wildman–Crippen LogP) is 1.94. The lowest BCUT2D eigenvalue weighted by molar-refractivity contribution is 0.397. The van der Waals surface area contributed by atoms with Crippen LogP contribution in [0.25, 0.3) is 0 Å². The third-order valence-electron chi connectivity index (χ3n) is 2.16. The Labute approximate surface area is 94.5 Å². The van der Waals surface area contributed by atoms with Gasteiger partial charge in [0.15, 0.2) is 11.5 Å². The van der Waals surface area contributed by atoms with E-state index in [2.05, 4.69) is 18.5 Å². The summed E-state index contributed by atoms with van der Waals surface area (Å²) in [6, 6.07) is 5.39. The van der Waals surface area contributed by atoms with Crippen LogP contribution in [0.3, 0.4) is 0 Å². The van der Waals surface area contributed by atoms with Crippen molar-refractivity contribution in [3.05, 3.63) is 23.8 Å². The van der Waals surface area contributed by atoms with Crippen LogP contribution in [0, 0.1) is 0 Å². The van der Waals surface area contributed by atoms with E-state index >= 15 is 0 Å². The number of thioether (sulfide) groups is 1. The van der Waals surface area contributed by atoms with E-state index in [4.69, 9.17) is 0 Å². The standard InChI is InChI=1S/C11H17NO2S/c1-8(7-15-2)12-6-9-4-3-5-10(13)11(9)14/h3-5,8,12-14H,6-7H2,1-2H3. The lowest BCUT2D eigenvalue weighted by Gasteiger charge is -2.13. The van der Waals surface area contributed by atoms with Crippen molar-refractivity contribution >= 4 is 11.8 Å². The van der Waals surface area contributed by atoms with Crippen LogP contribution in [0.15, 0.2) is 18.2 Å². The van der Waals surface area contributed by atoms with Crippen molar-refractivity contribution in [2.24, 2.45) is 0 Å². The largest absolute Gasteiger partial charge is 0.504 e. The van der Waals surface area contributed by atoms with Crippen LogP contribution < -0.4 is 5.32 Å². The number of para-hydroxylation sites is 1. The summed E-state index contributed by atoms with van der Waals surface area (Å²) in [5.41, 5.74) is 0.725. The van der Waals surface area contributed by atoms with Gasteiger partial charge in [0, 0.05) is 23.9 Å². The van der Waals surface area contributed by atoms with E-state index < -0.39 is 0 Å². The fourth-order valence-electron chi connectivity index (χ4n) is 1.31. The maximum atomic E-state index is 9.55. The summed E-state index contributed by atoms with van der Waals surface area (Å²) in [6.45, 7) is 2.66. The normalized spacial score (nSPS) is 12.7. The molecule has 0 radical (unpaired) electrons. The van der Waals surface area contributed by atoms with Crippen LogP contribution in [0.5, 0.6) is 11.5 Å². The molecule has 1 unspecified atom stereocenters. The molecule has 0 amide bonds. The van der Waals surface area contributed by atoms with Crippen LogP contribution in [-0.4, -0.2) is 28.3 Å². The van der Waals surface area contributed by atoms with E-state index in [0.717, 1.165) is 11.3 Å². The van der Waals surface area contributed by atoms with Gasteiger partial charge in [0.1, 0.15) is 0 Å². The van der Waals surface area contributed by atoms with E-state index in [9.17, 15) is 10.2 Å². The molecule has 0 fully saturated rings. The highest BCUT2D eigenvalue weighted by Crippen LogP contribution is 2.27. The molecule has 0 aliphatic rings. The first kappa shape index (κ1) is 12.2. The lowest BCUT2D eigenvalue weighted by atomic mass is 10.2. The van der Waals surface area contributed by atoms with Gasteiger partial charge in [-0.1, -0.05) is 12.1 Å². The molecule has 0 saturated carbocycles. The second-order valence-electron chi connectivity index (χ2n) is 3.52. The molecule has 0 aromatic heterocycles. The molecule has 4 heteroatoms. The van der Waals surface area contributed by atoms with E-state index in [0.29, 0.717) is 12.6 Å². The van der Waals surface area contributed by atoms with E-state index in [-0.39, 0.29) is 11.5 Å². The third kappa shape index (κ3) is 3.64. The van der Waals surface area contributed by atoms with Crippen molar-refractivity contribution in [2.45, 2.75) is 19.5 Å². The smallest absolute Gasteiger partial charge is 0.161 e. The van der Waals surface area contributed by atoms with E-state index in [1.807, 2.05) is 0 Å². The maximum Gasteiger partial charge on any atom is 0.161 e. The Morgan fingerprint density at radius 1 is 1.40 bits per heavy atom. The number of rotatable bonds is 5. The molecule has 0 aliphatic heterocycles. The molecule has 84 valence electrons. The van der Waals surface area contributed by atoms with Crippen LogP contribution in [0.2, 0.25) is 0 Å². The molecule has 3 N–H and O–H groups in total. The zero-order chi connectivity index (χ0) is 11.3. The number of phenols is 2. The summed E-state index contributed by atoms with van der Waals surface area (Å²) >= 11 is 1.78. The zero-order valence-electron chi connectivity index (χ0n) is 9.03. The highest BCUT2D eigenvalue weighted by atomic mass is 32.2. The Bertz CT molecular complexity index is 317. The van der Waals surface area contributed by atoms with Crippen molar-refractivity contribution in [3.8, 4) is 11.5 Å². The average molecular weight is 227 g/mol. The molecule has 1 aromatic carbocycles. The van der Waals surface area contributed by atoms with Crippen molar-refractivity contribution < 1.29 is 10.2 Å². The number of hydrogen-bond acceptors (Lipinski definition) is 4. The molecule has 3 nitrogen and oxygen atoms in total. The Morgan fingerprint density at radius 2 is 2.13 bits per heavy atom. The summed E-state index contributed by atoms with van der Waals surface area (Å²) < 4.78 is 0. The van der Waals surface area contributed by atoms with Crippen molar-refractivity contribution in [3.63, 3.8) is 0 Å². The minimum absolute atomic E-state index is 0.0265. The van der Waals surface area contributed by atoms with Gasteiger partial charge in [0.2, 0.25) is 0 Å². The molecule has 0 aliphatic carbocycles. The first-order valence-corrected chi connectivity index (χ1v) is 6.26. The monoisotopic (exact) mass is 227 g/mol. The SMILES string of the molecule is CSCC(C)NCc1cccc(O)c1O. The minimum atomic E-state index is -0.0631. The van der Waals surface area contributed by atoms with Crippen molar-refractivity contribution in [1.82, 2.24) is 5.32 Å². The second-order valence-corrected chi connectivity index (χ2v) is 4.43. The quantitative estimate of drug-likeness (QED) is 0.673. The van der Waals surface area contributed by atoms with Gasteiger partial charge in [-0.15, -0.1) is 0 Å². The summed E-state index contributed by atoms with van der Waals surface area (Å²) in [5, 5.41) is 22.1. The van der Waals surface area contributed by atoms with Gasteiger partial charge in [-0.25, -0.2) is 0 Å². The average Bonchev–Trinajstić information content (AvgIpc) is 2.21. The molecule has 1 atom stereocenters. The molecular weight excluding hydrogens is 210 g/mol. The van der Waals surface area contributed by atoms with Gasteiger partial charge in [-0.3, -0.25) is 0 Å². The predicted molar refractivity (Wildman–Crippen MR) is 64.5 cm³/mol. The van der Waals surface area contributed by atoms with Gasteiger partial charge in [0.25, 0.3) is 0 Å². The van der Waals surface area contributed by atoms with Gasteiger partial charge in [-0.2, -0.15) is 11.8 Å². The Balaban J connectivity index is 2.54. The number of phenolic OH excluding ortho intramolecular Hbond substituents is 2. The molecule has 0 spiro atoms. The first-order chi connectivity index (χ1) is 7.15. The van der Waals surface area contributed by atoms with Gasteiger partial charge >= 0.3 is 0 Å². The molecule has 1 rings (SSSR count). The summed E-state index contributed by atoms with van der Waals surface area (Å²) in [7, 11) is 0. The van der Waals surface area contributed by atoms with E-state index in [1.54, 1.807) is 23.9 Å². The molecule has 0 bridgehead atoms. The molecular formula is C11H17NO2S. The second kappa shape index (κ2) is 5.88. The first-order valence-electron chi connectivity index (χ1n) is 4.87. The Morgan fingerprint density at radius 3 is 2.80 bits per heavy atom. The highest BCUT2D eigenvalue weighted by molar-refractivity contribution is 7.98. The van der Waals surface area contributed by atoms with Crippen LogP contribution in [0.1, 0.15) is 12.5 Å². The minimum Gasteiger partial charge on any atom is -0.504 e. The van der Waals surface area contributed by atoms with Gasteiger partial charge in [0.05, 0.1) is 0 Å². The summed E-state index contributed by atoms with van der Waals surface area (Å²) in [5.74, 6) is 0.938. The van der Waals surface area contributed by atoms with Crippen LogP contribution >= 0.6 is 11.8 Å². The topological polar surface area (TPSA) is 52.5 Å². The molecule has 1 aromatic rings. The fraction of sp³-hybridized carbons (Fsp3) is 0.455. The number of hydrogen-bond donors (Lipinski definition) is 3. The van der Waals surface area contributed by atoms with Crippen LogP contribution in [-0.2, 0) is 6.54 Å². The number of nitrogens with one attached hydrogen (secondary N) is 1. The summed E-state index contributed by atoms with van der Waals surface area (Å²) in [4.78, 5) is 0. The summed E-state index contributed by atoms with van der Waals surface area (Å²) in [6.07, 6.45) is 2.06. The van der Waals surface area contributed by atoms with Crippen LogP contribution in [0.4, 0.5) is 0 Å². The van der Waals surface area contributed by atoms with E-state index in [1.165, 1.54) is 6.07 Å². The molecule has 0 saturated heterocycles. The fourth-order valence-corrected chi connectivity index (χ4v) is 1.93. The third-order valence-corrected chi connectivity index (χ3v) is 2.99. The highest BCUT2D eigenvalue weighted by Gasteiger charge is 2.06. The zero-order valence-corrected chi connectivity index (χ0v) is 9.84.